The van der Waals surface area contributed by atoms with E-state index in [0.29, 0.717) is 69.5 Å². The van der Waals surface area contributed by atoms with Crippen molar-refractivity contribution < 1.29 is 35.7 Å². The second-order valence-corrected chi connectivity index (χ2v) is 11.5. The van der Waals surface area contributed by atoms with Crippen molar-refractivity contribution in [3.63, 3.8) is 0 Å². The Morgan fingerprint density at radius 1 is 1.09 bits per heavy atom. The zero-order chi connectivity index (χ0) is 31.5. The van der Waals surface area contributed by atoms with E-state index in [9.17, 15) is 26.4 Å². The molecule has 0 radical (unpaired) electrons. The molecule has 2 fully saturated rings. The minimum Gasteiger partial charge on any atom is -0.378 e. The lowest BCUT2D eigenvalue weighted by Crippen LogP contribution is -2.54. The molecule has 5 rings (SSSR count). The standard InChI is InChI=1S/C23H29F3N10O2.CH4O3S/c1-14-12-34(4-5-35(14)15(2)37)22-30-17-19(33-6-8-38-9-7-33)31-18(16-10-28-21(27-3)29-11-16)32-20(17)36(22)13-23(24,25)26;1-5(2,3)4/h10-11,14H,4-9,12-13H2,1-3H3,(H,27,28,29);1H3,(H,2,3,4)/t14-;/m0./s1. The minimum atomic E-state index is -4.52. The summed E-state index contributed by atoms with van der Waals surface area (Å²) in [6, 6.07) is -0.191. The highest BCUT2D eigenvalue weighted by molar-refractivity contribution is 7.85. The highest BCUT2D eigenvalue weighted by atomic mass is 32.2. The lowest BCUT2D eigenvalue weighted by Gasteiger charge is -2.40. The molecule has 19 heteroatoms. The van der Waals surface area contributed by atoms with Crippen molar-refractivity contribution in [3.8, 4) is 11.4 Å². The first-order valence-corrected chi connectivity index (χ1v) is 15.1. The molecule has 5 heterocycles. The Balaban J connectivity index is 0.000000782. The van der Waals surface area contributed by atoms with Gasteiger partial charge in [-0.15, -0.1) is 0 Å². The summed E-state index contributed by atoms with van der Waals surface area (Å²) in [5, 5.41) is 2.83. The molecule has 15 nitrogen and oxygen atoms in total. The average molecular weight is 631 g/mol. The van der Waals surface area contributed by atoms with E-state index in [4.69, 9.17) is 19.3 Å². The van der Waals surface area contributed by atoms with Gasteiger partial charge in [-0.2, -0.15) is 21.6 Å². The van der Waals surface area contributed by atoms with E-state index in [-0.39, 0.29) is 34.9 Å². The highest BCUT2D eigenvalue weighted by Gasteiger charge is 2.35. The number of alkyl halides is 3. The fourth-order valence-corrected chi connectivity index (χ4v) is 4.85. The maximum Gasteiger partial charge on any atom is 0.406 e. The van der Waals surface area contributed by atoms with E-state index in [0.717, 1.165) is 4.57 Å². The summed E-state index contributed by atoms with van der Waals surface area (Å²) in [6.45, 7) is 5.10. The topological polar surface area (TPSA) is 172 Å². The molecule has 2 N–H and O–H groups in total. The minimum absolute atomic E-state index is 0.0717. The third-order valence-corrected chi connectivity index (χ3v) is 6.65. The van der Waals surface area contributed by atoms with Crippen molar-refractivity contribution in [2.45, 2.75) is 32.6 Å². The number of hydrogen-bond acceptors (Lipinski definition) is 12. The lowest BCUT2D eigenvalue weighted by molar-refractivity contribution is -0.139. The van der Waals surface area contributed by atoms with Crippen LogP contribution in [0.5, 0.6) is 0 Å². The van der Waals surface area contributed by atoms with Crippen LogP contribution in [0.15, 0.2) is 12.4 Å². The van der Waals surface area contributed by atoms with Crippen LogP contribution >= 0.6 is 0 Å². The Bertz CT molecular complexity index is 1540. The number of hydrogen-bond donors (Lipinski definition) is 2. The number of carbonyl (C=O) groups is 1. The first kappa shape index (κ1) is 32.1. The summed E-state index contributed by atoms with van der Waals surface area (Å²) in [6.07, 6.45) is -0.752. The van der Waals surface area contributed by atoms with Crippen molar-refractivity contribution in [2.75, 3.05) is 74.4 Å². The Hall–Kier alpha value is -3.84. The molecule has 236 valence electrons. The molecule has 0 unspecified atom stereocenters. The number of rotatable bonds is 5. The van der Waals surface area contributed by atoms with Gasteiger partial charge in [-0.3, -0.25) is 13.9 Å². The second-order valence-electron chi connectivity index (χ2n) is 10.0. The van der Waals surface area contributed by atoms with Crippen molar-refractivity contribution in [1.29, 1.82) is 0 Å². The van der Waals surface area contributed by atoms with Crippen LogP contribution in [-0.4, -0.2) is 125 Å². The molecule has 3 aromatic rings. The van der Waals surface area contributed by atoms with E-state index in [1.54, 1.807) is 16.8 Å². The molecule has 0 bridgehead atoms. The lowest BCUT2D eigenvalue weighted by atomic mass is 10.2. The molecule has 2 aliphatic rings. The van der Waals surface area contributed by atoms with Gasteiger partial charge in [0.2, 0.25) is 17.8 Å². The number of halogens is 3. The number of aromatic nitrogens is 6. The molecule has 0 aliphatic carbocycles. The van der Waals surface area contributed by atoms with Crippen molar-refractivity contribution in [1.82, 2.24) is 34.4 Å². The van der Waals surface area contributed by atoms with Gasteiger partial charge in [0.1, 0.15) is 6.54 Å². The van der Waals surface area contributed by atoms with Gasteiger partial charge in [-0.05, 0) is 6.92 Å². The number of fused-ring (bicyclic) bond motifs is 1. The van der Waals surface area contributed by atoms with Crippen LogP contribution in [0.3, 0.4) is 0 Å². The van der Waals surface area contributed by atoms with Crippen LogP contribution in [0.4, 0.5) is 30.9 Å². The van der Waals surface area contributed by atoms with E-state index in [2.05, 4.69) is 20.3 Å². The largest absolute Gasteiger partial charge is 0.406 e. The summed E-state index contributed by atoms with van der Waals surface area (Å²) < 4.78 is 74.1. The monoisotopic (exact) mass is 630 g/mol. The molecule has 1 amide bonds. The van der Waals surface area contributed by atoms with E-state index in [1.807, 2.05) is 11.8 Å². The number of ether oxygens (including phenoxy) is 1. The van der Waals surface area contributed by atoms with Crippen LogP contribution in [0, 0.1) is 0 Å². The normalized spacial score (nSPS) is 18.0. The highest BCUT2D eigenvalue weighted by Crippen LogP contribution is 2.34. The van der Waals surface area contributed by atoms with Crippen molar-refractivity contribution in [2.24, 2.45) is 0 Å². The number of imidazole rings is 1. The zero-order valence-electron chi connectivity index (χ0n) is 24.0. The first-order valence-electron chi connectivity index (χ1n) is 13.3. The number of piperazine rings is 1. The molecule has 0 saturated carbocycles. The number of anilines is 3. The number of nitrogens with one attached hydrogen (secondary N) is 1. The molecule has 3 aromatic heterocycles. The van der Waals surface area contributed by atoms with Gasteiger partial charge in [-0.1, -0.05) is 0 Å². The Labute approximate surface area is 245 Å². The Kier molecular flexibility index (Phi) is 9.55. The molecule has 0 aromatic carbocycles. The first-order chi connectivity index (χ1) is 20.1. The second kappa shape index (κ2) is 12.8. The predicted molar refractivity (Wildman–Crippen MR) is 152 cm³/mol. The van der Waals surface area contributed by atoms with Crippen LogP contribution in [0.25, 0.3) is 22.6 Å². The van der Waals surface area contributed by atoms with Crippen LogP contribution in [0.1, 0.15) is 13.8 Å². The van der Waals surface area contributed by atoms with Crippen molar-refractivity contribution >= 4 is 44.9 Å². The van der Waals surface area contributed by atoms with E-state index >= 15 is 0 Å². The number of carbonyl (C=O) groups excluding carboxylic acids is 1. The predicted octanol–water partition coefficient (Wildman–Crippen LogP) is 1.28. The van der Waals surface area contributed by atoms with E-state index in [1.165, 1.54) is 19.3 Å². The van der Waals surface area contributed by atoms with Gasteiger partial charge in [0.25, 0.3) is 10.1 Å². The van der Waals surface area contributed by atoms with Crippen LogP contribution in [-0.2, 0) is 26.2 Å². The van der Waals surface area contributed by atoms with Gasteiger partial charge in [0.05, 0.1) is 25.0 Å². The molecular weight excluding hydrogens is 597 g/mol. The van der Waals surface area contributed by atoms with Gasteiger partial charge in [0.15, 0.2) is 22.8 Å². The summed E-state index contributed by atoms with van der Waals surface area (Å²) in [5.41, 5.74) is 0.817. The van der Waals surface area contributed by atoms with Gasteiger partial charge in [-0.25, -0.2) is 24.9 Å². The fraction of sp³-hybridized carbons (Fsp3) is 0.583. The Morgan fingerprint density at radius 3 is 2.26 bits per heavy atom. The van der Waals surface area contributed by atoms with Crippen LogP contribution in [0.2, 0.25) is 0 Å². The molecule has 1 atom stereocenters. The fourth-order valence-electron chi connectivity index (χ4n) is 4.85. The number of nitrogens with zero attached hydrogens (tertiary/aromatic N) is 9. The summed E-state index contributed by atoms with van der Waals surface area (Å²) in [5.74, 6) is 1.11. The third-order valence-electron chi connectivity index (χ3n) is 6.65. The maximum atomic E-state index is 13.9. The van der Waals surface area contributed by atoms with Crippen molar-refractivity contribution in [3.05, 3.63) is 12.4 Å². The zero-order valence-corrected chi connectivity index (χ0v) is 24.9. The third kappa shape index (κ3) is 8.17. The summed E-state index contributed by atoms with van der Waals surface area (Å²) >= 11 is 0. The smallest absolute Gasteiger partial charge is 0.378 e. The maximum absolute atomic E-state index is 13.9. The van der Waals surface area contributed by atoms with Gasteiger partial charge in [0, 0.05) is 65.1 Å². The summed E-state index contributed by atoms with van der Waals surface area (Å²) in [4.78, 5) is 39.8. The number of amides is 1. The van der Waals surface area contributed by atoms with E-state index < -0.39 is 22.8 Å². The molecule has 43 heavy (non-hydrogen) atoms. The molecule has 0 spiro atoms. The van der Waals surface area contributed by atoms with Crippen LogP contribution < -0.4 is 15.1 Å². The Morgan fingerprint density at radius 2 is 1.72 bits per heavy atom. The van der Waals surface area contributed by atoms with Gasteiger partial charge < -0.3 is 24.8 Å². The molecule has 2 saturated heterocycles. The molecular formula is C24H33F3N10O5S. The quantitative estimate of drug-likeness (QED) is 0.387. The average Bonchev–Trinajstić information content (AvgIpc) is 3.28. The number of morpholine rings is 1. The SMILES string of the molecule is CNc1ncc(-c2nc(N3CCOCC3)c3nc(N4CCN(C(C)=O)[C@@H](C)C4)n(CC(F)(F)F)c3n2)cn1.CS(=O)(=O)O. The molecule has 2 aliphatic heterocycles. The van der Waals surface area contributed by atoms with Gasteiger partial charge >= 0.3 is 6.18 Å². The summed E-state index contributed by atoms with van der Waals surface area (Å²) in [7, 11) is -1.98.